The van der Waals surface area contributed by atoms with Gasteiger partial charge in [0.1, 0.15) is 5.69 Å². The first-order valence-corrected chi connectivity index (χ1v) is 6.67. The van der Waals surface area contributed by atoms with Crippen LogP contribution in [0, 0.1) is 0 Å². The van der Waals surface area contributed by atoms with Crippen LogP contribution in [0.5, 0.6) is 0 Å². The number of nitrogens with one attached hydrogen (secondary N) is 1. The fourth-order valence-electron chi connectivity index (χ4n) is 2.15. The summed E-state index contributed by atoms with van der Waals surface area (Å²) in [6, 6.07) is 4.23. The van der Waals surface area contributed by atoms with Crippen LogP contribution in [0.25, 0.3) is 0 Å². The average Bonchev–Trinajstić information content (AvgIpc) is 2.36. The summed E-state index contributed by atoms with van der Waals surface area (Å²) in [6.45, 7) is 6.88. The third-order valence-electron chi connectivity index (χ3n) is 3.20. The van der Waals surface area contributed by atoms with Crippen molar-refractivity contribution in [1.29, 1.82) is 0 Å². The van der Waals surface area contributed by atoms with Crippen molar-refractivity contribution >= 4 is 0 Å². The molecule has 2 unspecified atom stereocenters. The van der Waals surface area contributed by atoms with Crippen molar-refractivity contribution in [2.45, 2.75) is 51.7 Å². The van der Waals surface area contributed by atoms with E-state index in [2.05, 4.69) is 17.2 Å². The van der Waals surface area contributed by atoms with Crippen LogP contribution in [0.3, 0.4) is 0 Å². The van der Waals surface area contributed by atoms with E-state index in [-0.39, 0.29) is 12.0 Å². The van der Waals surface area contributed by atoms with Gasteiger partial charge in [-0.1, -0.05) is 19.9 Å². The van der Waals surface area contributed by atoms with Gasteiger partial charge in [0, 0.05) is 17.7 Å². The third kappa shape index (κ3) is 4.49. The predicted molar refractivity (Wildman–Crippen MR) is 70.0 cm³/mol. The fourth-order valence-corrected chi connectivity index (χ4v) is 2.15. The average molecular weight is 274 g/mol. The quantitative estimate of drug-likeness (QED) is 0.848. The smallest absolute Gasteiger partial charge is 0.314 e. The van der Waals surface area contributed by atoms with Crippen LogP contribution in [-0.2, 0) is 6.18 Å². The second-order valence-corrected chi connectivity index (χ2v) is 4.70. The van der Waals surface area contributed by atoms with Crippen LogP contribution >= 0.6 is 0 Å². The number of hydrogen-bond donors (Lipinski definition) is 1. The predicted octanol–water partition coefficient (Wildman–Crippen LogP) is 3.98. The lowest BCUT2D eigenvalue weighted by molar-refractivity contribution is -0.141. The molecular weight excluding hydrogens is 253 g/mol. The highest BCUT2D eigenvalue weighted by Gasteiger charge is 2.33. The van der Waals surface area contributed by atoms with Crippen molar-refractivity contribution in [3.05, 3.63) is 29.6 Å². The van der Waals surface area contributed by atoms with Gasteiger partial charge in [0.05, 0.1) is 0 Å². The Balaban J connectivity index is 2.92. The molecule has 1 aromatic rings. The van der Waals surface area contributed by atoms with Gasteiger partial charge in [-0.05, 0) is 38.4 Å². The van der Waals surface area contributed by atoms with Gasteiger partial charge in [-0.2, -0.15) is 13.2 Å². The Morgan fingerprint density at radius 3 is 2.47 bits per heavy atom. The van der Waals surface area contributed by atoms with Gasteiger partial charge in [-0.3, -0.25) is 0 Å². The first-order chi connectivity index (χ1) is 8.90. The number of aromatic nitrogens is 1. The topological polar surface area (TPSA) is 24.9 Å². The molecule has 0 spiro atoms. The summed E-state index contributed by atoms with van der Waals surface area (Å²) in [5.74, 6) is -0.00569. The summed E-state index contributed by atoms with van der Waals surface area (Å²) in [6.07, 6.45) is -2.63. The SMILES string of the molecule is CCCNC(C)C(CC)c1cccc(C(F)(F)F)n1. The minimum Gasteiger partial charge on any atom is -0.314 e. The normalized spacial score (nSPS) is 15.3. The summed E-state index contributed by atoms with van der Waals surface area (Å²) in [5, 5.41) is 3.32. The van der Waals surface area contributed by atoms with E-state index in [4.69, 9.17) is 0 Å². The second kappa shape index (κ2) is 6.89. The minimum absolute atomic E-state index is 0.00569. The van der Waals surface area contributed by atoms with Crippen LogP contribution in [0.4, 0.5) is 13.2 Å². The number of pyridine rings is 1. The van der Waals surface area contributed by atoms with Gasteiger partial charge in [-0.15, -0.1) is 0 Å². The van der Waals surface area contributed by atoms with Crippen molar-refractivity contribution in [2.75, 3.05) is 6.54 Å². The summed E-state index contributed by atoms with van der Waals surface area (Å²) in [7, 11) is 0. The maximum Gasteiger partial charge on any atom is 0.433 e. The van der Waals surface area contributed by atoms with Crippen LogP contribution in [0.15, 0.2) is 18.2 Å². The van der Waals surface area contributed by atoms with Crippen LogP contribution < -0.4 is 5.32 Å². The molecule has 108 valence electrons. The zero-order valence-electron chi connectivity index (χ0n) is 11.6. The Morgan fingerprint density at radius 2 is 1.95 bits per heavy atom. The summed E-state index contributed by atoms with van der Waals surface area (Å²) in [5.41, 5.74) is -0.306. The van der Waals surface area contributed by atoms with E-state index in [0.717, 1.165) is 25.5 Å². The second-order valence-electron chi connectivity index (χ2n) is 4.70. The zero-order valence-corrected chi connectivity index (χ0v) is 11.6. The van der Waals surface area contributed by atoms with Crippen LogP contribution in [-0.4, -0.2) is 17.6 Å². The molecule has 5 heteroatoms. The van der Waals surface area contributed by atoms with E-state index in [1.807, 2.05) is 13.8 Å². The summed E-state index contributed by atoms with van der Waals surface area (Å²) < 4.78 is 38.0. The monoisotopic (exact) mass is 274 g/mol. The standard InChI is InChI=1S/C14H21F3N2/c1-4-9-18-10(3)11(5-2)12-7-6-8-13(19-12)14(15,16)17/h6-8,10-11,18H,4-5,9H2,1-3H3. The number of nitrogens with zero attached hydrogens (tertiary/aromatic N) is 1. The zero-order chi connectivity index (χ0) is 14.5. The molecule has 19 heavy (non-hydrogen) atoms. The van der Waals surface area contributed by atoms with Gasteiger partial charge in [-0.25, -0.2) is 4.98 Å². The Labute approximate surface area is 112 Å². The van der Waals surface area contributed by atoms with Crippen molar-refractivity contribution < 1.29 is 13.2 Å². The number of rotatable bonds is 6. The lowest BCUT2D eigenvalue weighted by Gasteiger charge is -2.24. The van der Waals surface area contributed by atoms with Gasteiger partial charge in [0.2, 0.25) is 0 Å². The van der Waals surface area contributed by atoms with Crippen molar-refractivity contribution in [1.82, 2.24) is 10.3 Å². The highest BCUT2D eigenvalue weighted by atomic mass is 19.4. The van der Waals surface area contributed by atoms with E-state index in [1.54, 1.807) is 6.07 Å². The Morgan fingerprint density at radius 1 is 1.26 bits per heavy atom. The molecule has 0 fully saturated rings. The van der Waals surface area contributed by atoms with E-state index in [9.17, 15) is 13.2 Å². The van der Waals surface area contributed by atoms with Gasteiger partial charge < -0.3 is 5.32 Å². The van der Waals surface area contributed by atoms with Crippen molar-refractivity contribution in [2.24, 2.45) is 0 Å². The summed E-state index contributed by atoms with van der Waals surface area (Å²) >= 11 is 0. The number of hydrogen-bond acceptors (Lipinski definition) is 2. The van der Waals surface area contributed by atoms with E-state index >= 15 is 0 Å². The molecule has 0 aliphatic heterocycles. The van der Waals surface area contributed by atoms with E-state index < -0.39 is 11.9 Å². The highest BCUT2D eigenvalue weighted by molar-refractivity contribution is 5.18. The fraction of sp³-hybridized carbons (Fsp3) is 0.643. The highest BCUT2D eigenvalue weighted by Crippen LogP contribution is 2.30. The van der Waals surface area contributed by atoms with Crippen molar-refractivity contribution in [3.63, 3.8) is 0 Å². The molecule has 0 radical (unpaired) electrons. The lowest BCUT2D eigenvalue weighted by atomic mass is 9.93. The largest absolute Gasteiger partial charge is 0.433 e. The molecule has 0 bridgehead atoms. The van der Waals surface area contributed by atoms with Gasteiger partial charge >= 0.3 is 6.18 Å². The molecule has 0 saturated carbocycles. The maximum atomic E-state index is 12.7. The molecule has 0 aliphatic carbocycles. The van der Waals surface area contributed by atoms with E-state index in [0.29, 0.717) is 5.69 Å². The number of halogens is 3. The van der Waals surface area contributed by atoms with E-state index in [1.165, 1.54) is 6.07 Å². The van der Waals surface area contributed by atoms with Gasteiger partial charge in [0.15, 0.2) is 0 Å². The molecule has 2 nitrogen and oxygen atoms in total. The molecule has 1 aromatic heterocycles. The molecule has 0 saturated heterocycles. The van der Waals surface area contributed by atoms with Crippen molar-refractivity contribution in [3.8, 4) is 0 Å². The molecule has 0 aliphatic rings. The molecule has 1 rings (SSSR count). The Kier molecular flexibility index (Phi) is 5.79. The maximum absolute atomic E-state index is 12.7. The molecule has 0 aromatic carbocycles. The lowest BCUT2D eigenvalue weighted by Crippen LogP contribution is -2.33. The first kappa shape index (κ1) is 16.0. The summed E-state index contributed by atoms with van der Waals surface area (Å²) in [4.78, 5) is 3.78. The first-order valence-electron chi connectivity index (χ1n) is 6.67. The number of alkyl halides is 3. The molecule has 2 atom stereocenters. The Bertz CT molecular complexity index is 391. The van der Waals surface area contributed by atoms with Crippen LogP contribution in [0.2, 0.25) is 0 Å². The third-order valence-corrected chi connectivity index (χ3v) is 3.20. The molecule has 1 N–H and O–H groups in total. The molecule has 0 amide bonds. The van der Waals surface area contributed by atoms with Crippen LogP contribution in [0.1, 0.15) is 50.9 Å². The minimum atomic E-state index is -4.38. The Hall–Kier alpha value is -1.10. The van der Waals surface area contributed by atoms with Gasteiger partial charge in [0.25, 0.3) is 0 Å². The molecule has 1 heterocycles. The molecular formula is C14H21F3N2.